The van der Waals surface area contributed by atoms with Crippen molar-refractivity contribution in [1.29, 1.82) is 0 Å². The highest BCUT2D eigenvalue weighted by Gasteiger charge is 2.34. The van der Waals surface area contributed by atoms with Gasteiger partial charge in [0.25, 0.3) is 0 Å². The lowest BCUT2D eigenvalue weighted by Crippen LogP contribution is -2.50. The number of aromatic nitrogens is 1. The van der Waals surface area contributed by atoms with Gasteiger partial charge in [0, 0.05) is 35.0 Å². The topological polar surface area (TPSA) is 33.2 Å². The molecule has 0 N–H and O–H groups in total. The average Bonchev–Trinajstić information content (AvgIpc) is 2.41. The maximum atomic E-state index is 12.1. The van der Waals surface area contributed by atoms with E-state index < -0.39 is 10.8 Å². The Morgan fingerprint density at radius 3 is 2.80 bits per heavy atom. The maximum absolute atomic E-state index is 12.1. The number of benzene rings is 1. The molecule has 1 aromatic carbocycles. The van der Waals surface area contributed by atoms with Gasteiger partial charge in [0.1, 0.15) is 5.82 Å². The van der Waals surface area contributed by atoms with Crippen LogP contribution in [0.4, 0.5) is 5.82 Å². The number of aryl methyl sites for hydroxylation is 1. The first-order chi connectivity index (χ1) is 9.47. The fourth-order valence-corrected chi connectivity index (χ4v) is 4.03. The quantitative estimate of drug-likeness (QED) is 0.809. The smallest absolute Gasteiger partial charge is 0.132 e. The summed E-state index contributed by atoms with van der Waals surface area (Å²) in [5, 5.41) is 1.17. The van der Waals surface area contributed by atoms with Crippen LogP contribution in [-0.4, -0.2) is 32.8 Å². The normalized spacial score (nSPS) is 22.1. The van der Waals surface area contributed by atoms with Crippen molar-refractivity contribution in [3.8, 4) is 0 Å². The fourth-order valence-electron chi connectivity index (χ4n) is 2.79. The van der Waals surface area contributed by atoms with Gasteiger partial charge < -0.3 is 4.90 Å². The molecule has 4 heteroatoms. The number of fused-ring (bicyclic) bond motifs is 1. The Labute approximate surface area is 122 Å². The Balaban J connectivity index is 2.02. The van der Waals surface area contributed by atoms with Gasteiger partial charge >= 0.3 is 0 Å². The van der Waals surface area contributed by atoms with E-state index in [9.17, 15) is 4.21 Å². The molecule has 1 aromatic heterocycles. The van der Waals surface area contributed by atoms with Gasteiger partial charge in [-0.05, 0) is 38.5 Å². The molecule has 0 saturated carbocycles. The molecule has 1 saturated heterocycles. The van der Waals surface area contributed by atoms with E-state index in [2.05, 4.69) is 37.8 Å². The Hall–Kier alpha value is -1.42. The molecule has 1 fully saturated rings. The second-order valence-corrected chi connectivity index (χ2v) is 8.26. The molecule has 3 rings (SSSR count). The third-order valence-electron chi connectivity index (χ3n) is 3.92. The molecule has 3 nitrogen and oxygen atoms in total. The molecule has 0 bridgehead atoms. The molecule has 1 unspecified atom stereocenters. The molecular formula is C16H20N2OS. The molecule has 1 atom stereocenters. The number of pyridine rings is 1. The first kappa shape index (κ1) is 13.6. The molecule has 0 spiro atoms. The van der Waals surface area contributed by atoms with Gasteiger partial charge in [-0.3, -0.25) is 4.21 Å². The molecule has 0 aliphatic carbocycles. The lowest BCUT2D eigenvalue weighted by Gasteiger charge is -2.38. The zero-order valence-corrected chi connectivity index (χ0v) is 13.0. The van der Waals surface area contributed by atoms with E-state index in [0.717, 1.165) is 30.2 Å². The Morgan fingerprint density at radius 2 is 2.05 bits per heavy atom. The predicted octanol–water partition coefficient (Wildman–Crippen LogP) is 2.89. The average molecular weight is 288 g/mol. The highest BCUT2D eigenvalue weighted by molar-refractivity contribution is 7.86. The molecule has 0 amide bonds. The van der Waals surface area contributed by atoms with Crippen molar-refractivity contribution in [3.63, 3.8) is 0 Å². The van der Waals surface area contributed by atoms with Crippen molar-refractivity contribution < 1.29 is 4.21 Å². The largest absolute Gasteiger partial charge is 0.354 e. The summed E-state index contributed by atoms with van der Waals surface area (Å²) in [7, 11) is -0.748. The molecule has 0 radical (unpaired) electrons. The SMILES string of the molecule is Cc1cc2ccccc2nc1N1CCS(=O)C(C)(C)C1. The number of rotatable bonds is 1. The Kier molecular flexibility index (Phi) is 3.28. The first-order valence-corrected chi connectivity index (χ1v) is 8.29. The van der Waals surface area contributed by atoms with Crippen LogP contribution in [0.3, 0.4) is 0 Å². The number of anilines is 1. The van der Waals surface area contributed by atoms with E-state index >= 15 is 0 Å². The second kappa shape index (κ2) is 4.85. The highest BCUT2D eigenvalue weighted by Crippen LogP contribution is 2.28. The van der Waals surface area contributed by atoms with E-state index in [1.165, 1.54) is 10.9 Å². The van der Waals surface area contributed by atoms with E-state index in [-0.39, 0.29) is 4.75 Å². The monoisotopic (exact) mass is 288 g/mol. The highest BCUT2D eigenvalue weighted by atomic mass is 32.2. The van der Waals surface area contributed by atoms with Crippen LogP contribution in [0, 0.1) is 6.92 Å². The molecule has 2 aromatic rings. The summed E-state index contributed by atoms with van der Waals surface area (Å²) in [5.41, 5.74) is 2.21. The summed E-state index contributed by atoms with van der Waals surface area (Å²) in [6.45, 7) is 7.87. The minimum absolute atomic E-state index is 0.169. The third-order valence-corrected chi connectivity index (χ3v) is 5.84. The fraction of sp³-hybridized carbons (Fsp3) is 0.438. The number of nitrogens with zero attached hydrogens (tertiary/aromatic N) is 2. The molecule has 2 heterocycles. The molecule has 1 aliphatic rings. The van der Waals surface area contributed by atoms with Crippen molar-refractivity contribution in [2.24, 2.45) is 0 Å². The summed E-state index contributed by atoms with van der Waals surface area (Å²) < 4.78 is 11.9. The minimum Gasteiger partial charge on any atom is -0.354 e. The maximum Gasteiger partial charge on any atom is 0.132 e. The molecule has 20 heavy (non-hydrogen) atoms. The van der Waals surface area contributed by atoms with Crippen LogP contribution in [0.2, 0.25) is 0 Å². The van der Waals surface area contributed by atoms with E-state index in [0.29, 0.717) is 0 Å². The predicted molar refractivity (Wildman–Crippen MR) is 85.8 cm³/mol. The zero-order chi connectivity index (χ0) is 14.3. The summed E-state index contributed by atoms with van der Waals surface area (Å²) in [5.74, 6) is 1.76. The van der Waals surface area contributed by atoms with E-state index in [1.54, 1.807) is 0 Å². The third kappa shape index (κ3) is 2.33. The lowest BCUT2D eigenvalue weighted by molar-refractivity contribution is 0.586. The van der Waals surface area contributed by atoms with Crippen molar-refractivity contribution in [2.75, 3.05) is 23.7 Å². The van der Waals surface area contributed by atoms with Gasteiger partial charge in [-0.15, -0.1) is 0 Å². The van der Waals surface area contributed by atoms with Crippen LogP contribution < -0.4 is 4.90 Å². The van der Waals surface area contributed by atoms with Crippen LogP contribution in [-0.2, 0) is 10.8 Å². The van der Waals surface area contributed by atoms with E-state index in [1.807, 2.05) is 18.2 Å². The van der Waals surface area contributed by atoms with E-state index in [4.69, 9.17) is 4.98 Å². The van der Waals surface area contributed by atoms with Crippen LogP contribution in [0.1, 0.15) is 19.4 Å². The minimum atomic E-state index is -0.748. The summed E-state index contributed by atoms with van der Waals surface area (Å²) in [6.07, 6.45) is 0. The lowest BCUT2D eigenvalue weighted by atomic mass is 10.1. The first-order valence-electron chi connectivity index (χ1n) is 6.97. The number of hydrogen-bond acceptors (Lipinski definition) is 3. The summed E-state index contributed by atoms with van der Waals surface area (Å²) >= 11 is 0. The molecular weight excluding hydrogens is 268 g/mol. The summed E-state index contributed by atoms with van der Waals surface area (Å²) in [6, 6.07) is 10.4. The van der Waals surface area contributed by atoms with Crippen LogP contribution in [0.15, 0.2) is 30.3 Å². The van der Waals surface area contributed by atoms with Gasteiger partial charge in [0.15, 0.2) is 0 Å². The Morgan fingerprint density at radius 1 is 1.30 bits per heavy atom. The molecule has 106 valence electrons. The Bertz CT molecular complexity index is 681. The van der Waals surface area contributed by atoms with Crippen molar-refractivity contribution in [2.45, 2.75) is 25.5 Å². The number of para-hydroxylation sites is 1. The second-order valence-electron chi connectivity index (χ2n) is 6.05. The van der Waals surface area contributed by atoms with Crippen LogP contribution in [0.25, 0.3) is 10.9 Å². The van der Waals surface area contributed by atoms with Crippen LogP contribution in [0.5, 0.6) is 0 Å². The number of hydrogen-bond donors (Lipinski definition) is 0. The van der Waals surface area contributed by atoms with Crippen LogP contribution >= 0.6 is 0 Å². The molecule has 1 aliphatic heterocycles. The van der Waals surface area contributed by atoms with Crippen molar-refractivity contribution >= 4 is 27.5 Å². The van der Waals surface area contributed by atoms with Crippen molar-refractivity contribution in [3.05, 3.63) is 35.9 Å². The zero-order valence-electron chi connectivity index (χ0n) is 12.2. The van der Waals surface area contributed by atoms with Gasteiger partial charge in [-0.25, -0.2) is 4.98 Å². The summed E-state index contributed by atoms with van der Waals surface area (Å²) in [4.78, 5) is 7.10. The van der Waals surface area contributed by atoms with Gasteiger partial charge in [0.05, 0.1) is 10.3 Å². The van der Waals surface area contributed by atoms with Gasteiger partial charge in [-0.1, -0.05) is 18.2 Å². The van der Waals surface area contributed by atoms with Crippen molar-refractivity contribution in [1.82, 2.24) is 4.98 Å². The van der Waals surface area contributed by atoms with Gasteiger partial charge in [-0.2, -0.15) is 0 Å². The standard InChI is InChI=1S/C16H20N2OS/c1-12-10-13-6-4-5-7-14(13)17-15(12)18-8-9-20(19)16(2,3)11-18/h4-7,10H,8-9,11H2,1-3H3. The van der Waals surface area contributed by atoms with Gasteiger partial charge in [0.2, 0.25) is 0 Å².